The van der Waals surface area contributed by atoms with E-state index in [0.717, 1.165) is 5.56 Å². The standard InChI is InChI=1S/C14H20FN3O/c1-14(2,9-16-3)18-8-12(17-13(18)19)10-5-4-6-11(15)7-10/h4-7,12,16H,8-9H2,1-3H3,(H,17,19). The molecule has 0 aliphatic carbocycles. The zero-order valence-corrected chi connectivity index (χ0v) is 11.5. The van der Waals surface area contributed by atoms with Gasteiger partial charge in [-0.2, -0.15) is 0 Å². The number of hydrogen-bond donors (Lipinski definition) is 2. The lowest BCUT2D eigenvalue weighted by Crippen LogP contribution is -2.51. The van der Waals surface area contributed by atoms with Crippen molar-refractivity contribution in [2.24, 2.45) is 0 Å². The molecule has 104 valence electrons. The smallest absolute Gasteiger partial charge is 0.318 e. The predicted molar refractivity (Wildman–Crippen MR) is 72.4 cm³/mol. The van der Waals surface area contributed by atoms with Gasteiger partial charge in [-0.3, -0.25) is 0 Å². The average molecular weight is 265 g/mol. The van der Waals surface area contributed by atoms with Gasteiger partial charge in [-0.15, -0.1) is 0 Å². The maximum atomic E-state index is 13.2. The van der Waals surface area contributed by atoms with Crippen LogP contribution in [0.15, 0.2) is 24.3 Å². The van der Waals surface area contributed by atoms with Crippen LogP contribution in [0, 0.1) is 5.82 Å². The normalized spacial score (nSPS) is 19.7. The summed E-state index contributed by atoms with van der Waals surface area (Å²) in [4.78, 5) is 13.8. The number of carbonyl (C=O) groups is 1. The van der Waals surface area contributed by atoms with Crippen molar-refractivity contribution < 1.29 is 9.18 Å². The lowest BCUT2D eigenvalue weighted by molar-refractivity contribution is 0.158. The third-order valence-electron chi connectivity index (χ3n) is 3.50. The Morgan fingerprint density at radius 2 is 2.26 bits per heavy atom. The molecular formula is C14H20FN3O. The summed E-state index contributed by atoms with van der Waals surface area (Å²) in [6.07, 6.45) is 0. The van der Waals surface area contributed by atoms with Gasteiger partial charge < -0.3 is 15.5 Å². The molecule has 1 atom stereocenters. The number of halogens is 1. The molecule has 1 aromatic carbocycles. The van der Waals surface area contributed by atoms with Crippen LogP contribution in [0.2, 0.25) is 0 Å². The van der Waals surface area contributed by atoms with E-state index in [1.807, 2.05) is 27.0 Å². The lowest BCUT2D eigenvalue weighted by Gasteiger charge is -2.34. The SMILES string of the molecule is CNCC(C)(C)N1CC(c2cccc(F)c2)NC1=O. The number of hydrogen-bond acceptors (Lipinski definition) is 2. The van der Waals surface area contributed by atoms with Crippen LogP contribution < -0.4 is 10.6 Å². The van der Waals surface area contributed by atoms with Gasteiger partial charge in [-0.25, -0.2) is 9.18 Å². The molecule has 0 bridgehead atoms. The zero-order valence-electron chi connectivity index (χ0n) is 11.5. The number of urea groups is 1. The van der Waals surface area contributed by atoms with Gasteiger partial charge >= 0.3 is 6.03 Å². The summed E-state index contributed by atoms with van der Waals surface area (Å²) in [6.45, 7) is 5.28. The average Bonchev–Trinajstić information content (AvgIpc) is 2.72. The van der Waals surface area contributed by atoms with E-state index >= 15 is 0 Å². The highest BCUT2D eigenvalue weighted by atomic mass is 19.1. The predicted octanol–water partition coefficient (Wildman–Crippen LogP) is 1.89. The number of carbonyl (C=O) groups excluding carboxylic acids is 1. The van der Waals surface area contributed by atoms with Crippen molar-refractivity contribution in [3.8, 4) is 0 Å². The van der Waals surface area contributed by atoms with E-state index < -0.39 is 0 Å². The maximum Gasteiger partial charge on any atom is 0.318 e. The van der Waals surface area contributed by atoms with E-state index in [-0.39, 0.29) is 23.4 Å². The summed E-state index contributed by atoms with van der Waals surface area (Å²) >= 11 is 0. The molecule has 0 radical (unpaired) electrons. The second-order valence-corrected chi connectivity index (χ2v) is 5.51. The Morgan fingerprint density at radius 1 is 1.53 bits per heavy atom. The van der Waals surface area contributed by atoms with Crippen LogP contribution in [0.25, 0.3) is 0 Å². The fraction of sp³-hybridized carbons (Fsp3) is 0.500. The second-order valence-electron chi connectivity index (χ2n) is 5.51. The molecule has 19 heavy (non-hydrogen) atoms. The van der Waals surface area contributed by atoms with Crippen molar-refractivity contribution >= 4 is 6.03 Å². The Kier molecular flexibility index (Phi) is 3.75. The van der Waals surface area contributed by atoms with Crippen LogP contribution in [0.4, 0.5) is 9.18 Å². The van der Waals surface area contributed by atoms with Gasteiger partial charge in [0.1, 0.15) is 5.82 Å². The number of nitrogens with one attached hydrogen (secondary N) is 2. The minimum Gasteiger partial charge on any atom is -0.329 e. The molecule has 0 saturated carbocycles. The minimum absolute atomic E-state index is 0.102. The molecule has 1 heterocycles. The fourth-order valence-corrected chi connectivity index (χ4v) is 2.50. The summed E-state index contributed by atoms with van der Waals surface area (Å²) in [7, 11) is 1.86. The van der Waals surface area contributed by atoms with E-state index in [4.69, 9.17) is 0 Å². The molecular weight excluding hydrogens is 245 g/mol. The number of rotatable bonds is 4. The van der Waals surface area contributed by atoms with E-state index in [0.29, 0.717) is 13.1 Å². The minimum atomic E-state index is -0.278. The maximum absolute atomic E-state index is 13.2. The first-order valence-corrected chi connectivity index (χ1v) is 6.42. The summed E-state index contributed by atoms with van der Waals surface area (Å²) in [5.41, 5.74) is 0.525. The van der Waals surface area contributed by atoms with Gasteiger partial charge in [-0.05, 0) is 38.6 Å². The molecule has 1 fully saturated rings. The molecule has 1 aliphatic rings. The first kappa shape index (κ1) is 13.8. The topological polar surface area (TPSA) is 44.4 Å². The summed E-state index contributed by atoms with van der Waals surface area (Å²) < 4.78 is 13.2. The molecule has 0 spiro atoms. The van der Waals surface area contributed by atoms with Crippen LogP contribution in [-0.2, 0) is 0 Å². The van der Waals surface area contributed by atoms with E-state index in [2.05, 4.69) is 10.6 Å². The molecule has 1 aliphatic heterocycles. The fourth-order valence-electron chi connectivity index (χ4n) is 2.50. The first-order chi connectivity index (χ1) is 8.94. The molecule has 2 N–H and O–H groups in total. The highest BCUT2D eigenvalue weighted by molar-refractivity contribution is 5.78. The van der Waals surface area contributed by atoms with Crippen LogP contribution in [0.3, 0.4) is 0 Å². The molecule has 1 unspecified atom stereocenters. The molecule has 0 aromatic heterocycles. The highest BCUT2D eigenvalue weighted by Crippen LogP contribution is 2.26. The monoisotopic (exact) mass is 265 g/mol. The van der Waals surface area contributed by atoms with Crippen LogP contribution in [0.1, 0.15) is 25.5 Å². The van der Waals surface area contributed by atoms with E-state index in [9.17, 15) is 9.18 Å². The molecule has 1 saturated heterocycles. The van der Waals surface area contributed by atoms with Crippen molar-refractivity contribution in [3.05, 3.63) is 35.6 Å². The largest absolute Gasteiger partial charge is 0.329 e. The van der Waals surface area contributed by atoms with Gasteiger partial charge in [-0.1, -0.05) is 12.1 Å². The van der Waals surface area contributed by atoms with Crippen molar-refractivity contribution in [3.63, 3.8) is 0 Å². The Labute approximate surface area is 113 Å². The van der Waals surface area contributed by atoms with E-state index in [1.165, 1.54) is 12.1 Å². The Hall–Kier alpha value is -1.62. The number of amides is 2. The lowest BCUT2D eigenvalue weighted by atomic mass is 10.0. The third kappa shape index (κ3) is 2.87. The highest BCUT2D eigenvalue weighted by Gasteiger charge is 2.38. The van der Waals surface area contributed by atoms with Gasteiger partial charge in [0.2, 0.25) is 0 Å². The first-order valence-electron chi connectivity index (χ1n) is 6.42. The van der Waals surface area contributed by atoms with Crippen molar-refractivity contribution in [1.29, 1.82) is 0 Å². The van der Waals surface area contributed by atoms with Crippen molar-refractivity contribution in [2.45, 2.75) is 25.4 Å². The Bertz CT molecular complexity index is 476. The van der Waals surface area contributed by atoms with Gasteiger partial charge in [0.15, 0.2) is 0 Å². The van der Waals surface area contributed by atoms with Crippen LogP contribution in [-0.4, -0.2) is 36.6 Å². The van der Waals surface area contributed by atoms with Gasteiger partial charge in [0, 0.05) is 13.1 Å². The molecule has 1 aromatic rings. The number of benzene rings is 1. The molecule has 2 rings (SSSR count). The molecule has 2 amide bonds. The summed E-state index contributed by atoms with van der Waals surface area (Å²) in [6, 6.07) is 6.12. The van der Waals surface area contributed by atoms with Gasteiger partial charge in [0.25, 0.3) is 0 Å². The van der Waals surface area contributed by atoms with Crippen molar-refractivity contribution in [1.82, 2.24) is 15.5 Å². The number of likely N-dealkylation sites (N-methyl/N-ethyl adjacent to an activating group) is 1. The summed E-state index contributed by atoms with van der Waals surface area (Å²) in [5.74, 6) is -0.278. The Balaban J connectivity index is 2.15. The van der Waals surface area contributed by atoms with Crippen molar-refractivity contribution in [2.75, 3.05) is 20.1 Å². The quantitative estimate of drug-likeness (QED) is 0.873. The zero-order chi connectivity index (χ0) is 14.0. The molecule has 5 heteroatoms. The second kappa shape index (κ2) is 5.17. The molecule has 4 nitrogen and oxygen atoms in total. The van der Waals surface area contributed by atoms with Gasteiger partial charge in [0.05, 0.1) is 11.6 Å². The van der Waals surface area contributed by atoms with Crippen LogP contribution in [0.5, 0.6) is 0 Å². The summed E-state index contributed by atoms with van der Waals surface area (Å²) in [5, 5.41) is 5.99. The third-order valence-corrected chi connectivity index (χ3v) is 3.50. The van der Waals surface area contributed by atoms with E-state index in [1.54, 1.807) is 11.0 Å². The Morgan fingerprint density at radius 3 is 2.89 bits per heavy atom. The number of nitrogens with zero attached hydrogens (tertiary/aromatic N) is 1. The van der Waals surface area contributed by atoms with Crippen LogP contribution >= 0.6 is 0 Å².